The van der Waals surface area contributed by atoms with Gasteiger partial charge in [0.1, 0.15) is 5.75 Å². The van der Waals surface area contributed by atoms with E-state index in [-0.39, 0.29) is 25.0 Å². The van der Waals surface area contributed by atoms with Crippen molar-refractivity contribution in [3.8, 4) is 17.6 Å². The van der Waals surface area contributed by atoms with E-state index in [9.17, 15) is 9.59 Å². The SMILES string of the molecule is Cc1ccc(OCC(=O)NCC#Cc2ccc(N3CCCCC3=O)cc2)cc1. The van der Waals surface area contributed by atoms with Crippen molar-refractivity contribution >= 4 is 17.5 Å². The summed E-state index contributed by atoms with van der Waals surface area (Å²) in [6.45, 7) is 2.99. The van der Waals surface area contributed by atoms with Gasteiger partial charge in [-0.1, -0.05) is 29.5 Å². The summed E-state index contributed by atoms with van der Waals surface area (Å²) in [4.78, 5) is 25.6. The Balaban J connectivity index is 1.43. The molecule has 1 aliphatic heterocycles. The largest absolute Gasteiger partial charge is 0.484 e. The summed E-state index contributed by atoms with van der Waals surface area (Å²) in [5, 5.41) is 2.71. The van der Waals surface area contributed by atoms with Gasteiger partial charge in [0.25, 0.3) is 5.91 Å². The molecule has 1 heterocycles. The zero-order valence-electron chi connectivity index (χ0n) is 16.0. The van der Waals surface area contributed by atoms with Crippen molar-refractivity contribution in [1.29, 1.82) is 0 Å². The molecule has 2 amide bonds. The van der Waals surface area contributed by atoms with Gasteiger partial charge < -0.3 is 15.0 Å². The number of carbonyl (C=O) groups excluding carboxylic acids is 2. The maximum absolute atomic E-state index is 12.0. The van der Waals surface area contributed by atoms with Crippen LogP contribution in [-0.2, 0) is 9.59 Å². The monoisotopic (exact) mass is 376 g/mol. The molecule has 3 rings (SSSR count). The van der Waals surface area contributed by atoms with E-state index in [0.717, 1.165) is 36.2 Å². The molecule has 28 heavy (non-hydrogen) atoms. The van der Waals surface area contributed by atoms with E-state index in [0.29, 0.717) is 12.2 Å². The van der Waals surface area contributed by atoms with Gasteiger partial charge in [0.15, 0.2) is 6.61 Å². The highest BCUT2D eigenvalue weighted by Gasteiger charge is 2.19. The number of piperidine rings is 1. The Morgan fingerprint density at radius 2 is 1.86 bits per heavy atom. The third kappa shape index (κ3) is 5.62. The molecular weight excluding hydrogens is 352 g/mol. The lowest BCUT2D eigenvalue weighted by atomic mass is 10.1. The van der Waals surface area contributed by atoms with Crippen LogP contribution in [-0.4, -0.2) is 31.5 Å². The number of hydrogen-bond acceptors (Lipinski definition) is 3. The highest BCUT2D eigenvalue weighted by Crippen LogP contribution is 2.21. The Morgan fingerprint density at radius 3 is 2.57 bits per heavy atom. The van der Waals surface area contributed by atoms with E-state index in [2.05, 4.69) is 17.2 Å². The van der Waals surface area contributed by atoms with E-state index in [1.807, 2.05) is 60.4 Å². The van der Waals surface area contributed by atoms with Crippen molar-refractivity contribution in [3.63, 3.8) is 0 Å². The minimum absolute atomic E-state index is 0.0384. The third-order valence-corrected chi connectivity index (χ3v) is 4.50. The van der Waals surface area contributed by atoms with Gasteiger partial charge in [-0.15, -0.1) is 0 Å². The fourth-order valence-corrected chi connectivity index (χ4v) is 2.93. The van der Waals surface area contributed by atoms with E-state index >= 15 is 0 Å². The Labute approximate surface area is 165 Å². The molecule has 144 valence electrons. The van der Waals surface area contributed by atoms with Crippen molar-refractivity contribution in [3.05, 3.63) is 59.7 Å². The third-order valence-electron chi connectivity index (χ3n) is 4.50. The first kappa shape index (κ1) is 19.5. The average Bonchev–Trinajstić information content (AvgIpc) is 2.72. The molecule has 1 fully saturated rings. The number of nitrogens with one attached hydrogen (secondary N) is 1. The minimum atomic E-state index is -0.214. The fraction of sp³-hybridized carbons (Fsp3) is 0.304. The summed E-state index contributed by atoms with van der Waals surface area (Å²) in [6, 6.07) is 15.2. The lowest BCUT2D eigenvalue weighted by Gasteiger charge is -2.26. The van der Waals surface area contributed by atoms with Crippen LogP contribution in [0.5, 0.6) is 5.75 Å². The number of anilines is 1. The number of nitrogens with zero attached hydrogens (tertiary/aromatic N) is 1. The van der Waals surface area contributed by atoms with Gasteiger partial charge in [-0.3, -0.25) is 9.59 Å². The van der Waals surface area contributed by atoms with Gasteiger partial charge in [0.2, 0.25) is 5.91 Å². The molecule has 2 aromatic rings. The van der Waals surface area contributed by atoms with Crippen LogP contribution < -0.4 is 15.0 Å². The molecule has 1 N–H and O–H groups in total. The van der Waals surface area contributed by atoms with Crippen LogP contribution in [0.3, 0.4) is 0 Å². The van der Waals surface area contributed by atoms with E-state index in [1.54, 1.807) is 0 Å². The molecule has 1 aliphatic rings. The van der Waals surface area contributed by atoms with Gasteiger partial charge in [-0.05, 0) is 56.2 Å². The van der Waals surface area contributed by atoms with Crippen molar-refractivity contribution in [1.82, 2.24) is 5.32 Å². The Hall–Kier alpha value is -3.26. The first-order chi connectivity index (χ1) is 13.6. The molecule has 0 saturated carbocycles. The molecule has 0 bridgehead atoms. The lowest BCUT2D eigenvalue weighted by Crippen LogP contribution is -2.35. The molecule has 0 radical (unpaired) electrons. The predicted molar refractivity (Wildman–Crippen MR) is 109 cm³/mol. The Kier molecular flexibility index (Phi) is 6.69. The number of benzene rings is 2. The normalized spacial score (nSPS) is 13.5. The number of rotatable bonds is 5. The molecular formula is C23H24N2O3. The van der Waals surface area contributed by atoms with Crippen molar-refractivity contribution in [2.45, 2.75) is 26.2 Å². The molecule has 1 saturated heterocycles. The van der Waals surface area contributed by atoms with E-state index in [1.165, 1.54) is 0 Å². The van der Waals surface area contributed by atoms with Crippen LogP contribution in [0.1, 0.15) is 30.4 Å². The Morgan fingerprint density at radius 1 is 1.11 bits per heavy atom. The molecule has 0 aromatic heterocycles. The molecule has 5 nitrogen and oxygen atoms in total. The quantitative estimate of drug-likeness (QED) is 0.816. The molecule has 0 atom stereocenters. The van der Waals surface area contributed by atoms with Crippen LogP contribution in [0.4, 0.5) is 5.69 Å². The summed E-state index contributed by atoms with van der Waals surface area (Å²) < 4.78 is 5.43. The van der Waals surface area contributed by atoms with Crippen molar-refractivity contribution < 1.29 is 14.3 Å². The topological polar surface area (TPSA) is 58.6 Å². The molecule has 2 aromatic carbocycles. The zero-order valence-corrected chi connectivity index (χ0v) is 16.0. The predicted octanol–water partition coefficient (Wildman–Crippen LogP) is 3.06. The second-order valence-corrected chi connectivity index (χ2v) is 6.73. The fourth-order valence-electron chi connectivity index (χ4n) is 2.93. The van der Waals surface area contributed by atoms with Gasteiger partial charge in [-0.2, -0.15) is 0 Å². The van der Waals surface area contributed by atoms with Crippen molar-refractivity contribution in [2.24, 2.45) is 0 Å². The van der Waals surface area contributed by atoms with E-state index in [4.69, 9.17) is 4.74 Å². The Bertz CT molecular complexity index is 877. The second-order valence-electron chi connectivity index (χ2n) is 6.73. The van der Waals surface area contributed by atoms with Crippen LogP contribution in [0.25, 0.3) is 0 Å². The first-order valence-electron chi connectivity index (χ1n) is 9.47. The summed E-state index contributed by atoms with van der Waals surface area (Å²) in [5.74, 6) is 6.57. The number of aryl methyl sites for hydroxylation is 1. The standard InChI is InChI=1S/C23H24N2O3/c1-18-7-13-21(14-8-18)28-17-22(26)24-15-4-5-19-9-11-20(12-10-19)25-16-3-2-6-23(25)27/h7-14H,2-3,6,15-17H2,1H3,(H,24,26). The summed E-state index contributed by atoms with van der Waals surface area (Å²) >= 11 is 0. The molecule has 0 spiro atoms. The highest BCUT2D eigenvalue weighted by atomic mass is 16.5. The van der Waals surface area contributed by atoms with Crippen LogP contribution in [0.15, 0.2) is 48.5 Å². The van der Waals surface area contributed by atoms with Crippen LogP contribution in [0, 0.1) is 18.8 Å². The average molecular weight is 376 g/mol. The van der Waals surface area contributed by atoms with Gasteiger partial charge in [-0.25, -0.2) is 0 Å². The smallest absolute Gasteiger partial charge is 0.258 e. The number of carbonyl (C=O) groups is 2. The van der Waals surface area contributed by atoms with Crippen LogP contribution in [0.2, 0.25) is 0 Å². The lowest BCUT2D eigenvalue weighted by molar-refractivity contribution is -0.123. The number of hydrogen-bond donors (Lipinski definition) is 1. The maximum Gasteiger partial charge on any atom is 0.258 e. The second kappa shape index (κ2) is 9.61. The zero-order chi connectivity index (χ0) is 19.8. The summed E-state index contributed by atoms with van der Waals surface area (Å²) in [7, 11) is 0. The molecule has 0 unspecified atom stereocenters. The molecule has 0 aliphatic carbocycles. The summed E-state index contributed by atoms with van der Waals surface area (Å²) in [6.07, 6.45) is 2.64. The highest BCUT2D eigenvalue weighted by molar-refractivity contribution is 5.94. The van der Waals surface area contributed by atoms with Gasteiger partial charge >= 0.3 is 0 Å². The number of amides is 2. The molecule has 5 heteroatoms. The minimum Gasteiger partial charge on any atom is -0.484 e. The number of ether oxygens (including phenoxy) is 1. The van der Waals surface area contributed by atoms with Gasteiger partial charge in [0.05, 0.1) is 6.54 Å². The van der Waals surface area contributed by atoms with Crippen LogP contribution >= 0.6 is 0 Å². The van der Waals surface area contributed by atoms with E-state index < -0.39 is 0 Å². The van der Waals surface area contributed by atoms with Gasteiger partial charge in [0, 0.05) is 24.2 Å². The summed E-state index contributed by atoms with van der Waals surface area (Å²) in [5.41, 5.74) is 2.90. The first-order valence-corrected chi connectivity index (χ1v) is 9.47. The maximum atomic E-state index is 12.0. The van der Waals surface area contributed by atoms with Crippen molar-refractivity contribution in [2.75, 3.05) is 24.6 Å².